The third-order valence-corrected chi connectivity index (χ3v) is 4.77. The molecule has 1 unspecified atom stereocenters. The van der Waals surface area contributed by atoms with Crippen molar-refractivity contribution in [2.45, 2.75) is 37.9 Å². The van der Waals surface area contributed by atoms with Crippen molar-refractivity contribution in [3.05, 3.63) is 0 Å². The smallest absolute Gasteiger partial charge is 0.215 e. The summed E-state index contributed by atoms with van der Waals surface area (Å²) in [5.74, 6) is 0. The molecule has 0 amide bonds. The molecule has 0 aromatic rings. The van der Waals surface area contributed by atoms with Crippen LogP contribution in [0.25, 0.3) is 0 Å². The fraction of sp³-hybridized carbons (Fsp3) is 1.00. The third-order valence-electron chi connectivity index (χ3n) is 2.88. The molecular weight excluding hydrogens is 240 g/mol. The van der Waals surface area contributed by atoms with Crippen LogP contribution in [0.3, 0.4) is 0 Å². The van der Waals surface area contributed by atoms with E-state index in [4.69, 9.17) is 4.74 Å². The summed E-state index contributed by atoms with van der Waals surface area (Å²) in [4.78, 5) is 0. The molecule has 1 aliphatic rings. The van der Waals surface area contributed by atoms with E-state index in [9.17, 15) is 8.42 Å². The largest absolute Gasteiger partial charge is 0.380 e. The van der Waals surface area contributed by atoms with E-state index in [1.54, 1.807) is 0 Å². The second-order valence-electron chi connectivity index (χ2n) is 4.37. The van der Waals surface area contributed by atoms with E-state index in [2.05, 4.69) is 17.0 Å². The summed E-state index contributed by atoms with van der Waals surface area (Å²) in [6.07, 6.45) is 3.80. The molecule has 0 aliphatic carbocycles. The minimum absolute atomic E-state index is 0.285. The van der Waals surface area contributed by atoms with Crippen LogP contribution in [0, 0.1) is 0 Å². The van der Waals surface area contributed by atoms with Gasteiger partial charge in [0.05, 0.1) is 11.9 Å². The first kappa shape index (κ1) is 14.9. The second-order valence-corrected chi connectivity index (χ2v) is 6.42. The van der Waals surface area contributed by atoms with E-state index in [-0.39, 0.29) is 5.25 Å². The van der Waals surface area contributed by atoms with Gasteiger partial charge in [-0.1, -0.05) is 13.3 Å². The molecule has 1 saturated heterocycles. The molecule has 0 aromatic carbocycles. The van der Waals surface area contributed by atoms with E-state index in [0.717, 1.165) is 32.2 Å². The maximum atomic E-state index is 11.9. The predicted molar refractivity (Wildman–Crippen MR) is 68.5 cm³/mol. The highest BCUT2D eigenvalue weighted by atomic mass is 32.2. The summed E-state index contributed by atoms with van der Waals surface area (Å²) in [6, 6.07) is 0. The topological polar surface area (TPSA) is 67.4 Å². The normalized spacial score (nSPS) is 21.6. The number of ether oxygens (including phenoxy) is 1. The maximum absolute atomic E-state index is 11.9. The molecule has 0 radical (unpaired) electrons. The Hall–Kier alpha value is -0.170. The standard InChI is InChI=1S/C11H24N2O3S/c1-2-3-8-16-9-7-13-17(14,15)11-5-4-6-12-10-11/h11-13H,2-10H2,1H3. The van der Waals surface area contributed by atoms with E-state index >= 15 is 0 Å². The Labute approximate surface area is 104 Å². The average Bonchev–Trinajstić information content (AvgIpc) is 2.35. The zero-order valence-corrected chi connectivity index (χ0v) is 11.4. The quantitative estimate of drug-likeness (QED) is 0.626. The summed E-state index contributed by atoms with van der Waals surface area (Å²) in [6.45, 7) is 5.13. The summed E-state index contributed by atoms with van der Waals surface area (Å²) in [5.41, 5.74) is 0. The number of sulfonamides is 1. The van der Waals surface area contributed by atoms with Gasteiger partial charge in [0.15, 0.2) is 0 Å². The molecule has 17 heavy (non-hydrogen) atoms. The van der Waals surface area contributed by atoms with Crippen molar-refractivity contribution >= 4 is 10.0 Å². The Morgan fingerprint density at radius 1 is 1.41 bits per heavy atom. The Kier molecular flexibility index (Phi) is 7.03. The number of piperidine rings is 1. The molecule has 0 saturated carbocycles. The van der Waals surface area contributed by atoms with Gasteiger partial charge in [-0.05, 0) is 25.8 Å². The van der Waals surface area contributed by atoms with E-state index in [1.165, 1.54) is 0 Å². The highest BCUT2D eigenvalue weighted by Gasteiger charge is 2.26. The molecule has 1 rings (SSSR count). The number of rotatable bonds is 8. The Morgan fingerprint density at radius 3 is 2.88 bits per heavy atom. The average molecular weight is 264 g/mol. The fourth-order valence-corrected chi connectivity index (χ4v) is 3.22. The van der Waals surface area contributed by atoms with Gasteiger partial charge in [0.1, 0.15) is 0 Å². The lowest BCUT2D eigenvalue weighted by Gasteiger charge is -2.22. The zero-order chi connectivity index (χ0) is 12.6. The van der Waals surface area contributed by atoms with Crippen molar-refractivity contribution in [3.63, 3.8) is 0 Å². The van der Waals surface area contributed by atoms with Gasteiger partial charge in [0, 0.05) is 19.7 Å². The predicted octanol–water partition coefficient (Wildman–Crippen LogP) is 0.475. The van der Waals surface area contributed by atoms with Gasteiger partial charge in [0.25, 0.3) is 0 Å². The van der Waals surface area contributed by atoms with Crippen LogP contribution >= 0.6 is 0 Å². The molecule has 102 valence electrons. The highest BCUT2D eigenvalue weighted by molar-refractivity contribution is 7.90. The second kappa shape index (κ2) is 8.02. The fourth-order valence-electron chi connectivity index (χ4n) is 1.81. The van der Waals surface area contributed by atoms with Gasteiger partial charge in [-0.25, -0.2) is 13.1 Å². The van der Waals surface area contributed by atoms with Crippen molar-refractivity contribution < 1.29 is 13.2 Å². The van der Waals surface area contributed by atoms with Crippen LogP contribution in [0.1, 0.15) is 32.6 Å². The van der Waals surface area contributed by atoms with Crippen molar-refractivity contribution in [2.75, 3.05) is 32.8 Å². The van der Waals surface area contributed by atoms with Crippen LogP contribution in [0.4, 0.5) is 0 Å². The molecule has 1 aliphatic heterocycles. The molecule has 5 nitrogen and oxygen atoms in total. The van der Waals surface area contributed by atoms with Crippen LogP contribution in [-0.4, -0.2) is 46.5 Å². The highest BCUT2D eigenvalue weighted by Crippen LogP contribution is 2.09. The molecule has 0 bridgehead atoms. The monoisotopic (exact) mass is 264 g/mol. The minimum Gasteiger partial charge on any atom is -0.380 e. The van der Waals surface area contributed by atoms with E-state index in [1.807, 2.05) is 0 Å². The van der Waals surface area contributed by atoms with Crippen molar-refractivity contribution in [1.29, 1.82) is 0 Å². The lowest BCUT2D eigenvalue weighted by atomic mass is 10.2. The summed E-state index contributed by atoms with van der Waals surface area (Å²) in [5, 5.41) is 2.82. The van der Waals surface area contributed by atoms with Gasteiger partial charge < -0.3 is 10.1 Å². The summed E-state index contributed by atoms with van der Waals surface area (Å²) >= 11 is 0. The molecule has 1 heterocycles. The molecule has 0 aromatic heterocycles. The Bertz CT molecular complexity index is 287. The Morgan fingerprint density at radius 2 is 2.24 bits per heavy atom. The summed E-state index contributed by atoms with van der Waals surface area (Å²) < 4.78 is 31.7. The minimum atomic E-state index is -3.17. The van der Waals surface area contributed by atoms with Gasteiger partial charge in [0.2, 0.25) is 10.0 Å². The van der Waals surface area contributed by atoms with Crippen LogP contribution in [0.5, 0.6) is 0 Å². The third kappa shape index (κ3) is 5.81. The molecule has 6 heteroatoms. The van der Waals surface area contributed by atoms with E-state index in [0.29, 0.717) is 26.3 Å². The molecule has 1 atom stereocenters. The van der Waals surface area contributed by atoms with Gasteiger partial charge in [-0.2, -0.15) is 0 Å². The first-order valence-corrected chi connectivity index (χ1v) is 7.98. The lowest BCUT2D eigenvalue weighted by molar-refractivity contribution is 0.136. The first-order valence-electron chi connectivity index (χ1n) is 6.43. The maximum Gasteiger partial charge on any atom is 0.215 e. The number of hydrogen-bond donors (Lipinski definition) is 2. The van der Waals surface area contributed by atoms with Gasteiger partial charge in [-0.15, -0.1) is 0 Å². The van der Waals surface area contributed by atoms with Crippen molar-refractivity contribution in [1.82, 2.24) is 10.0 Å². The van der Waals surface area contributed by atoms with Crippen molar-refractivity contribution in [2.24, 2.45) is 0 Å². The van der Waals surface area contributed by atoms with Crippen LogP contribution in [0.15, 0.2) is 0 Å². The number of nitrogens with one attached hydrogen (secondary N) is 2. The molecular formula is C11H24N2O3S. The van der Waals surface area contributed by atoms with Crippen LogP contribution < -0.4 is 10.0 Å². The first-order chi connectivity index (χ1) is 8.17. The zero-order valence-electron chi connectivity index (χ0n) is 10.6. The SMILES string of the molecule is CCCCOCCNS(=O)(=O)C1CCCNC1. The molecule has 1 fully saturated rings. The van der Waals surface area contributed by atoms with Gasteiger partial charge >= 0.3 is 0 Å². The van der Waals surface area contributed by atoms with Crippen molar-refractivity contribution in [3.8, 4) is 0 Å². The van der Waals surface area contributed by atoms with Crippen LogP contribution in [-0.2, 0) is 14.8 Å². The molecule has 2 N–H and O–H groups in total. The van der Waals surface area contributed by atoms with E-state index < -0.39 is 10.0 Å². The van der Waals surface area contributed by atoms with Crippen LogP contribution in [0.2, 0.25) is 0 Å². The van der Waals surface area contributed by atoms with Gasteiger partial charge in [-0.3, -0.25) is 0 Å². The molecule has 0 spiro atoms. The Balaban J connectivity index is 2.15. The lowest BCUT2D eigenvalue weighted by Crippen LogP contribution is -2.44. The number of unbranched alkanes of at least 4 members (excludes halogenated alkanes) is 1. The summed E-state index contributed by atoms with van der Waals surface area (Å²) in [7, 11) is -3.17. The number of hydrogen-bond acceptors (Lipinski definition) is 4.